The minimum absolute atomic E-state index is 0.299. The molecule has 0 spiro atoms. The van der Waals surface area contributed by atoms with Crippen molar-refractivity contribution >= 4 is 15.8 Å². The van der Waals surface area contributed by atoms with Gasteiger partial charge in [-0.05, 0) is 30.5 Å². The van der Waals surface area contributed by atoms with Crippen LogP contribution in [0.5, 0.6) is 0 Å². The number of rotatable bonds is 3. The molecule has 0 heterocycles. The quantitative estimate of drug-likeness (QED) is 0.613. The standard InChI is InChI=1S/C10H15NO3S/c1-3-9(15(12,13)14)10-7(2)5-4-6-8(10)11/h4-6,9H,3,11H2,1-2H3,(H,12,13,14). The number of anilines is 1. The summed E-state index contributed by atoms with van der Waals surface area (Å²) in [6.45, 7) is 3.48. The van der Waals surface area contributed by atoms with E-state index in [1.54, 1.807) is 32.0 Å². The minimum Gasteiger partial charge on any atom is -0.398 e. The van der Waals surface area contributed by atoms with Gasteiger partial charge in [-0.3, -0.25) is 4.55 Å². The highest BCUT2D eigenvalue weighted by molar-refractivity contribution is 7.86. The van der Waals surface area contributed by atoms with E-state index in [0.717, 1.165) is 5.56 Å². The topological polar surface area (TPSA) is 80.4 Å². The van der Waals surface area contributed by atoms with Gasteiger partial charge in [0, 0.05) is 5.69 Å². The van der Waals surface area contributed by atoms with Gasteiger partial charge >= 0.3 is 0 Å². The lowest BCUT2D eigenvalue weighted by Crippen LogP contribution is -2.14. The third kappa shape index (κ3) is 2.49. The Kier molecular flexibility index (Phi) is 3.36. The van der Waals surface area contributed by atoms with Crippen molar-refractivity contribution in [3.63, 3.8) is 0 Å². The summed E-state index contributed by atoms with van der Waals surface area (Å²) in [6, 6.07) is 5.17. The van der Waals surface area contributed by atoms with E-state index in [4.69, 9.17) is 10.3 Å². The van der Waals surface area contributed by atoms with E-state index >= 15 is 0 Å². The fourth-order valence-corrected chi connectivity index (χ4v) is 2.75. The Balaban J connectivity index is 3.37. The molecule has 84 valence electrons. The van der Waals surface area contributed by atoms with Gasteiger partial charge in [0.1, 0.15) is 5.25 Å². The van der Waals surface area contributed by atoms with Crippen molar-refractivity contribution in [2.45, 2.75) is 25.5 Å². The first-order chi connectivity index (χ1) is 6.88. The van der Waals surface area contributed by atoms with Gasteiger partial charge in [0.25, 0.3) is 10.1 Å². The molecule has 0 saturated heterocycles. The second-order valence-electron chi connectivity index (χ2n) is 3.49. The van der Waals surface area contributed by atoms with Gasteiger partial charge < -0.3 is 5.73 Å². The van der Waals surface area contributed by atoms with Crippen LogP contribution in [-0.2, 0) is 10.1 Å². The first kappa shape index (κ1) is 12.0. The van der Waals surface area contributed by atoms with Crippen LogP contribution in [0.25, 0.3) is 0 Å². The summed E-state index contributed by atoms with van der Waals surface area (Å²) < 4.78 is 31.4. The number of benzene rings is 1. The van der Waals surface area contributed by atoms with Gasteiger partial charge in [0.2, 0.25) is 0 Å². The molecule has 0 fully saturated rings. The molecule has 3 N–H and O–H groups in total. The van der Waals surface area contributed by atoms with Crippen molar-refractivity contribution in [2.75, 3.05) is 5.73 Å². The predicted molar refractivity (Wildman–Crippen MR) is 60.2 cm³/mol. The molecular formula is C10H15NO3S. The maximum Gasteiger partial charge on any atom is 0.272 e. The zero-order valence-electron chi connectivity index (χ0n) is 8.77. The first-order valence-corrected chi connectivity index (χ1v) is 6.19. The van der Waals surface area contributed by atoms with Crippen LogP contribution in [0.4, 0.5) is 5.69 Å². The Morgan fingerprint density at radius 2 is 2.07 bits per heavy atom. The Labute approximate surface area is 89.9 Å². The third-order valence-electron chi connectivity index (χ3n) is 2.41. The van der Waals surface area contributed by atoms with Crippen molar-refractivity contribution in [1.82, 2.24) is 0 Å². The lowest BCUT2D eigenvalue weighted by molar-refractivity contribution is 0.466. The summed E-state index contributed by atoms with van der Waals surface area (Å²) in [5.74, 6) is 0. The number of aryl methyl sites for hydroxylation is 1. The molecular weight excluding hydrogens is 214 g/mol. The van der Waals surface area contributed by atoms with E-state index in [1.807, 2.05) is 0 Å². The van der Waals surface area contributed by atoms with Crippen LogP contribution in [0.15, 0.2) is 18.2 Å². The zero-order chi connectivity index (χ0) is 11.6. The molecule has 0 amide bonds. The first-order valence-electron chi connectivity index (χ1n) is 4.69. The molecule has 1 atom stereocenters. The molecule has 15 heavy (non-hydrogen) atoms. The fraction of sp³-hybridized carbons (Fsp3) is 0.400. The Hall–Kier alpha value is -1.07. The van der Waals surface area contributed by atoms with Gasteiger partial charge in [-0.15, -0.1) is 0 Å². The summed E-state index contributed by atoms with van der Waals surface area (Å²) >= 11 is 0. The van der Waals surface area contributed by atoms with E-state index in [-0.39, 0.29) is 0 Å². The van der Waals surface area contributed by atoms with Crippen LogP contribution in [0.1, 0.15) is 29.7 Å². The number of hydrogen-bond donors (Lipinski definition) is 2. The Bertz CT molecular complexity index is 433. The van der Waals surface area contributed by atoms with Crippen molar-refractivity contribution in [3.8, 4) is 0 Å². The molecule has 0 bridgehead atoms. The predicted octanol–water partition coefficient (Wildman–Crippen LogP) is 1.92. The molecule has 0 aliphatic carbocycles. The van der Waals surface area contributed by atoms with Gasteiger partial charge in [-0.25, -0.2) is 0 Å². The molecule has 0 aromatic heterocycles. The number of hydrogen-bond acceptors (Lipinski definition) is 3. The van der Waals surface area contributed by atoms with Gasteiger partial charge in [0.05, 0.1) is 0 Å². The molecule has 0 radical (unpaired) electrons. The molecule has 4 nitrogen and oxygen atoms in total. The summed E-state index contributed by atoms with van der Waals surface area (Å²) in [5.41, 5.74) is 7.40. The average molecular weight is 229 g/mol. The Morgan fingerprint density at radius 1 is 1.47 bits per heavy atom. The van der Waals surface area contributed by atoms with Gasteiger partial charge in [0.15, 0.2) is 0 Å². The third-order valence-corrected chi connectivity index (χ3v) is 3.70. The maximum absolute atomic E-state index is 11.2. The number of nitrogen functional groups attached to an aromatic ring is 1. The highest BCUT2D eigenvalue weighted by Gasteiger charge is 2.26. The van der Waals surface area contributed by atoms with Crippen LogP contribution in [0.3, 0.4) is 0 Å². The fourth-order valence-electron chi connectivity index (χ4n) is 1.71. The second-order valence-corrected chi connectivity index (χ2v) is 5.09. The molecule has 1 rings (SSSR count). The van der Waals surface area contributed by atoms with Crippen molar-refractivity contribution in [2.24, 2.45) is 0 Å². The summed E-state index contributed by atoms with van der Waals surface area (Å²) in [5, 5.41) is -0.932. The van der Waals surface area contributed by atoms with Crippen molar-refractivity contribution < 1.29 is 13.0 Å². The summed E-state index contributed by atoms with van der Waals surface area (Å²) in [6.07, 6.45) is 0.299. The summed E-state index contributed by atoms with van der Waals surface area (Å²) in [4.78, 5) is 0. The van der Waals surface area contributed by atoms with Crippen LogP contribution < -0.4 is 5.73 Å². The monoisotopic (exact) mass is 229 g/mol. The van der Waals surface area contributed by atoms with Crippen LogP contribution in [0, 0.1) is 6.92 Å². The normalized spacial score (nSPS) is 13.8. The van der Waals surface area contributed by atoms with Gasteiger partial charge in [-0.1, -0.05) is 19.1 Å². The molecule has 1 unspecified atom stereocenters. The maximum atomic E-state index is 11.2. The van der Waals surface area contributed by atoms with E-state index in [0.29, 0.717) is 17.7 Å². The van der Waals surface area contributed by atoms with E-state index in [1.165, 1.54) is 0 Å². The van der Waals surface area contributed by atoms with Crippen LogP contribution >= 0.6 is 0 Å². The van der Waals surface area contributed by atoms with Crippen molar-refractivity contribution in [3.05, 3.63) is 29.3 Å². The molecule has 0 saturated carbocycles. The molecule has 1 aromatic rings. The molecule has 5 heteroatoms. The molecule has 0 aliphatic heterocycles. The second kappa shape index (κ2) is 4.20. The van der Waals surface area contributed by atoms with E-state index in [9.17, 15) is 8.42 Å². The molecule has 0 aliphatic rings. The largest absolute Gasteiger partial charge is 0.398 e. The lowest BCUT2D eigenvalue weighted by Gasteiger charge is -2.16. The van der Waals surface area contributed by atoms with E-state index in [2.05, 4.69) is 0 Å². The highest BCUT2D eigenvalue weighted by atomic mass is 32.2. The summed E-state index contributed by atoms with van der Waals surface area (Å²) in [7, 11) is -4.09. The van der Waals surface area contributed by atoms with E-state index < -0.39 is 15.4 Å². The van der Waals surface area contributed by atoms with Gasteiger partial charge in [-0.2, -0.15) is 8.42 Å². The highest BCUT2D eigenvalue weighted by Crippen LogP contribution is 2.31. The van der Waals surface area contributed by atoms with Crippen LogP contribution in [-0.4, -0.2) is 13.0 Å². The molecule has 1 aromatic carbocycles. The zero-order valence-corrected chi connectivity index (χ0v) is 9.58. The SMILES string of the molecule is CCC(c1c(C)cccc1N)S(=O)(=O)O. The minimum atomic E-state index is -4.09. The van der Waals surface area contributed by atoms with Crippen molar-refractivity contribution in [1.29, 1.82) is 0 Å². The number of nitrogens with two attached hydrogens (primary N) is 1. The van der Waals surface area contributed by atoms with Crippen LogP contribution in [0.2, 0.25) is 0 Å². The smallest absolute Gasteiger partial charge is 0.272 e. The Morgan fingerprint density at radius 3 is 2.47 bits per heavy atom. The average Bonchev–Trinajstić information content (AvgIpc) is 2.09. The lowest BCUT2D eigenvalue weighted by atomic mass is 10.0.